The summed E-state index contributed by atoms with van der Waals surface area (Å²) in [6.45, 7) is 5.64. The van der Waals surface area contributed by atoms with Crippen LogP contribution in [0.1, 0.15) is 25.8 Å². The molecule has 11 heteroatoms. The number of fused-ring (bicyclic) bond motifs is 1. The molecule has 2 aliphatic heterocycles. The zero-order chi connectivity index (χ0) is 22.4. The molecule has 0 spiro atoms. The van der Waals surface area contributed by atoms with Crippen LogP contribution >= 0.6 is 0 Å². The molecule has 0 bridgehead atoms. The van der Waals surface area contributed by atoms with Gasteiger partial charge in [-0.15, -0.1) is 0 Å². The maximum Gasteiger partial charge on any atom is 0.315 e. The van der Waals surface area contributed by atoms with E-state index in [4.69, 9.17) is 4.74 Å². The Morgan fingerprint density at radius 1 is 1.19 bits per heavy atom. The highest BCUT2D eigenvalue weighted by Crippen LogP contribution is 2.24. The summed E-state index contributed by atoms with van der Waals surface area (Å²) < 4.78 is 4.89. The minimum absolute atomic E-state index is 0.0257. The molecule has 2 fully saturated rings. The molecule has 3 heterocycles. The number of methoxy groups -OCH3 is 1. The predicted octanol–water partition coefficient (Wildman–Crippen LogP) is -0.899. The summed E-state index contributed by atoms with van der Waals surface area (Å²) in [5.74, 6) is -0.484. The molecular formula is C20H31N7O4. The molecule has 3 rings (SSSR count). The molecule has 0 saturated carbocycles. The lowest BCUT2D eigenvalue weighted by Crippen LogP contribution is -2.52. The molecule has 11 nitrogen and oxygen atoms in total. The molecule has 0 aliphatic carbocycles. The quantitative estimate of drug-likeness (QED) is 0.508. The van der Waals surface area contributed by atoms with Gasteiger partial charge in [0, 0.05) is 63.3 Å². The number of amides is 4. The average molecular weight is 434 g/mol. The van der Waals surface area contributed by atoms with Crippen LogP contribution in [0.2, 0.25) is 0 Å². The first-order valence-electron chi connectivity index (χ1n) is 10.5. The van der Waals surface area contributed by atoms with E-state index in [1.54, 1.807) is 17.3 Å². The number of hydrogen-bond donors (Lipinski definition) is 3. The summed E-state index contributed by atoms with van der Waals surface area (Å²) in [6, 6.07) is -1.12. The molecule has 1 aromatic rings. The summed E-state index contributed by atoms with van der Waals surface area (Å²) >= 11 is 0. The highest BCUT2D eigenvalue weighted by Gasteiger charge is 2.42. The van der Waals surface area contributed by atoms with Crippen molar-refractivity contribution in [3.8, 4) is 0 Å². The van der Waals surface area contributed by atoms with Gasteiger partial charge in [0.25, 0.3) is 0 Å². The van der Waals surface area contributed by atoms with Crippen LogP contribution in [0.4, 0.5) is 4.79 Å². The van der Waals surface area contributed by atoms with Crippen molar-refractivity contribution < 1.29 is 19.1 Å². The van der Waals surface area contributed by atoms with Crippen molar-refractivity contribution in [2.75, 3.05) is 33.4 Å². The number of urea groups is 1. The number of nitrogens with one attached hydrogen (secondary N) is 3. The summed E-state index contributed by atoms with van der Waals surface area (Å²) in [6.07, 6.45) is 5.61. The minimum Gasteiger partial charge on any atom is -0.375 e. The number of ether oxygens (including phenoxy) is 1. The van der Waals surface area contributed by atoms with Gasteiger partial charge in [-0.3, -0.25) is 14.5 Å². The third kappa shape index (κ3) is 6.34. The summed E-state index contributed by atoms with van der Waals surface area (Å²) in [5.41, 5.74) is 0.925. The number of hydrogen-bond acceptors (Lipinski definition) is 7. The maximum absolute atomic E-state index is 13.3. The van der Waals surface area contributed by atoms with Gasteiger partial charge in [-0.25, -0.2) is 14.8 Å². The molecule has 2 aliphatic rings. The number of carbonyl (C=O) groups is 3. The number of nitrogens with zero attached hydrogens (tertiary/aromatic N) is 4. The first-order valence-corrected chi connectivity index (χ1v) is 10.5. The second-order valence-electron chi connectivity index (χ2n) is 8.34. The van der Waals surface area contributed by atoms with Crippen LogP contribution in [0.5, 0.6) is 0 Å². The van der Waals surface area contributed by atoms with Gasteiger partial charge in [-0.1, -0.05) is 0 Å². The lowest BCUT2D eigenvalue weighted by atomic mass is 10.1. The van der Waals surface area contributed by atoms with Gasteiger partial charge in [-0.05, 0) is 20.3 Å². The molecule has 4 amide bonds. The van der Waals surface area contributed by atoms with Gasteiger partial charge in [0.2, 0.25) is 11.8 Å². The maximum atomic E-state index is 13.3. The fourth-order valence-corrected chi connectivity index (χ4v) is 4.14. The fraction of sp³-hybridized carbons (Fsp3) is 0.650. The largest absolute Gasteiger partial charge is 0.375 e. The van der Waals surface area contributed by atoms with E-state index in [1.807, 2.05) is 13.8 Å². The molecule has 170 valence electrons. The third-order valence-electron chi connectivity index (χ3n) is 5.29. The normalized spacial score (nSPS) is 23.9. The van der Waals surface area contributed by atoms with Crippen LogP contribution in [-0.2, 0) is 20.9 Å². The van der Waals surface area contributed by atoms with Crippen molar-refractivity contribution in [3.05, 3.63) is 24.3 Å². The van der Waals surface area contributed by atoms with E-state index in [9.17, 15) is 14.4 Å². The van der Waals surface area contributed by atoms with E-state index in [0.717, 1.165) is 5.56 Å². The molecule has 2 saturated heterocycles. The standard InChI is InChI=1S/C20H31N7O4/c1-13(2)23-20(30)24-15-4-16-9-26(7-14-5-21-12-22-6-14)10-17(19(29)27(16)8-15)25-18(28)11-31-3/h5-6,12-13,15-17H,4,7-11H2,1-3H3,(H,25,28)(H2,23,24,30)/t15-,16-,17-/m0/s1. The van der Waals surface area contributed by atoms with E-state index in [0.29, 0.717) is 32.6 Å². The zero-order valence-electron chi connectivity index (χ0n) is 18.2. The Balaban J connectivity index is 1.73. The molecule has 31 heavy (non-hydrogen) atoms. The predicted molar refractivity (Wildman–Crippen MR) is 112 cm³/mol. The van der Waals surface area contributed by atoms with Gasteiger partial charge in [-0.2, -0.15) is 0 Å². The van der Waals surface area contributed by atoms with Crippen molar-refractivity contribution in [1.82, 2.24) is 35.7 Å². The minimum atomic E-state index is -0.694. The second-order valence-corrected chi connectivity index (χ2v) is 8.34. The van der Waals surface area contributed by atoms with Crippen molar-refractivity contribution in [1.29, 1.82) is 0 Å². The Kier molecular flexibility index (Phi) is 7.75. The Morgan fingerprint density at radius 3 is 2.61 bits per heavy atom. The highest BCUT2D eigenvalue weighted by molar-refractivity contribution is 5.89. The SMILES string of the molecule is COCC(=O)N[C@H]1CN(Cc2cncnc2)C[C@@H]2C[C@H](NC(=O)NC(C)C)CN2C1=O. The third-order valence-corrected chi connectivity index (χ3v) is 5.29. The van der Waals surface area contributed by atoms with Gasteiger partial charge < -0.3 is 25.6 Å². The van der Waals surface area contributed by atoms with E-state index in [1.165, 1.54) is 13.4 Å². The van der Waals surface area contributed by atoms with Gasteiger partial charge in [0.05, 0.1) is 6.04 Å². The summed E-state index contributed by atoms with van der Waals surface area (Å²) in [5, 5.41) is 8.57. The molecule has 3 N–H and O–H groups in total. The Morgan fingerprint density at radius 2 is 1.94 bits per heavy atom. The van der Waals surface area contributed by atoms with Crippen molar-refractivity contribution in [3.63, 3.8) is 0 Å². The number of rotatable bonds is 7. The molecule has 0 unspecified atom stereocenters. The van der Waals surface area contributed by atoms with Crippen LogP contribution < -0.4 is 16.0 Å². The topological polar surface area (TPSA) is 129 Å². The van der Waals surface area contributed by atoms with Crippen LogP contribution in [0.3, 0.4) is 0 Å². The fourth-order valence-electron chi connectivity index (χ4n) is 4.14. The van der Waals surface area contributed by atoms with Crippen LogP contribution in [0.15, 0.2) is 18.7 Å². The first-order chi connectivity index (χ1) is 14.9. The highest BCUT2D eigenvalue weighted by atomic mass is 16.5. The lowest BCUT2D eigenvalue weighted by Gasteiger charge is -2.25. The van der Waals surface area contributed by atoms with Crippen LogP contribution in [0.25, 0.3) is 0 Å². The Hall–Kier alpha value is -2.79. The molecule has 0 radical (unpaired) electrons. The Labute approximate surface area is 181 Å². The smallest absolute Gasteiger partial charge is 0.315 e. The molecule has 3 atom stereocenters. The second kappa shape index (κ2) is 10.5. The van der Waals surface area contributed by atoms with E-state index in [-0.39, 0.29) is 42.6 Å². The molecular weight excluding hydrogens is 402 g/mol. The molecule has 1 aromatic heterocycles. The van der Waals surface area contributed by atoms with E-state index in [2.05, 4.69) is 30.8 Å². The zero-order valence-corrected chi connectivity index (χ0v) is 18.2. The van der Waals surface area contributed by atoms with Crippen molar-refractivity contribution >= 4 is 17.8 Å². The Bertz CT molecular complexity index is 776. The summed E-state index contributed by atoms with van der Waals surface area (Å²) in [4.78, 5) is 49.5. The van der Waals surface area contributed by atoms with Crippen molar-refractivity contribution in [2.24, 2.45) is 0 Å². The number of carbonyl (C=O) groups excluding carboxylic acids is 3. The summed E-state index contributed by atoms with van der Waals surface area (Å²) in [7, 11) is 1.44. The van der Waals surface area contributed by atoms with Gasteiger partial charge in [0.15, 0.2) is 0 Å². The van der Waals surface area contributed by atoms with Gasteiger partial charge in [0.1, 0.15) is 19.0 Å². The molecule has 0 aromatic carbocycles. The average Bonchev–Trinajstić information content (AvgIpc) is 3.04. The van der Waals surface area contributed by atoms with Crippen LogP contribution in [0, 0.1) is 0 Å². The van der Waals surface area contributed by atoms with Gasteiger partial charge >= 0.3 is 6.03 Å². The van der Waals surface area contributed by atoms with Crippen LogP contribution in [-0.4, -0.2) is 95.1 Å². The lowest BCUT2D eigenvalue weighted by molar-refractivity contribution is -0.137. The first kappa shape index (κ1) is 22.9. The van der Waals surface area contributed by atoms with E-state index >= 15 is 0 Å². The monoisotopic (exact) mass is 433 g/mol. The van der Waals surface area contributed by atoms with E-state index < -0.39 is 6.04 Å². The number of aromatic nitrogens is 2. The van der Waals surface area contributed by atoms with Crippen molar-refractivity contribution in [2.45, 2.75) is 51.0 Å².